The Balaban J connectivity index is 0.000000208. The number of amides is 2. The Morgan fingerprint density at radius 3 is 2.67 bits per heavy atom. The third kappa shape index (κ3) is 8.08. The van der Waals surface area contributed by atoms with E-state index in [2.05, 4.69) is 10.6 Å². The van der Waals surface area contributed by atoms with Crippen molar-refractivity contribution in [2.45, 2.75) is 49.9 Å². The Morgan fingerprint density at radius 1 is 1.26 bits per heavy atom. The summed E-state index contributed by atoms with van der Waals surface area (Å²) in [5, 5.41) is 14.8. The topological polar surface area (TPSA) is 105 Å². The molecule has 0 spiro atoms. The van der Waals surface area contributed by atoms with Gasteiger partial charge in [-0.15, -0.1) is 0 Å². The van der Waals surface area contributed by atoms with Gasteiger partial charge in [-0.3, -0.25) is 4.79 Å². The predicted molar refractivity (Wildman–Crippen MR) is 99.4 cm³/mol. The fourth-order valence-electron chi connectivity index (χ4n) is 3.02. The van der Waals surface area contributed by atoms with Crippen molar-refractivity contribution in [1.82, 2.24) is 10.6 Å². The van der Waals surface area contributed by atoms with Crippen LogP contribution in [-0.2, 0) is 37.3 Å². The molecule has 144 valence electrons. The number of fused-ring (bicyclic) bond motifs is 1. The zero-order valence-corrected chi connectivity index (χ0v) is 21.7. The largest absolute Gasteiger partial charge is 0.481 e. The number of nitrogens with one attached hydrogen (secondary N) is 2. The van der Waals surface area contributed by atoms with Crippen LogP contribution in [0.5, 0.6) is 0 Å². The number of aliphatic carboxylic acids is 1. The van der Waals surface area contributed by atoms with Gasteiger partial charge in [0.1, 0.15) is 0 Å². The molecule has 1 aromatic rings. The van der Waals surface area contributed by atoms with E-state index in [1.165, 1.54) is 10.00 Å². The molecule has 0 bridgehead atoms. The number of urea groups is 1. The van der Waals surface area contributed by atoms with Crippen molar-refractivity contribution in [2.75, 3.05) is 5.75 Å². The van der Waals surface area contributed by atoms with Crippen molar-refractivity contribution in [3.8, 4) is 0 Å². The number of carbonyl (C=O) groups excluding carboxylic acids is 2. The van der Waals surface area contributed by atoms with E-state index in [-0.39, 0.29) is 30.5 Å². The minimum absolute atomic E-state index is 0.0640. The third-order valence-corrected chi connectivity index (χ3v) is 11.1. The fourth-order valence-corrected chi connectivity index (χ4v) is 7.81. The molecule has 2 aliphatic rings. The summed E-state index contributed by atoms with van der Waals surface area (Å²) in [5.41, 5.74) is 0. The SMILES string of the molecule is CC(=O)[O][Hg][c]1ccccc1.O=C(O)CCCC[C@@H]1SC[C@@H]2NC(=O)N[C@@H]21. The minimum Gasteiger partial charge on any atom is -0.481 e. The summed E-state index contributed by atoms with van der Waals surface area (Å²) in [4.78, 5) is 31.9. The second-order valence-corrected chi connectivity index (χ2v) is 13.2. The Bertz CT molecular complexity index is 646. The van der Waals surface area contributed by atoms with Gasteiger partial charge in [0.05, 0.1) is 12.1 Å². The Kier molecular flexibility index (Phi) is 9.40. The van der Waals surface area contributed by atoms with E-state index in [1.807, 2.05) is 42.1 Å². The van der Waals surface area contributed by atoms with Crippen molar-refractivity contribution in [3.05, 3.63) is 30.3 Å². The summed E-state index contributed by atoms with van der Waals surface area (Å²) >= 11 is 0.354. The molecular formula is C18H24HgN2O5S. The summed E-state index contributed by atoms with van der Waals surface area (Å²) in [6, 6.07) is 10.4. The molecule has 0 aromatic heterocycles. The first kappa shape index (κ1) is 22.0. The van der Waals surface area contributed by atoms with E-state index < -0.39 is 31.0 Å². The van der Waals surface area contributed by atoms with Crippen LogP contribution in [0.2, 0.25) is 0 Å². The van der Waals surface area contributed by atoms with Gasteiger partial charge >= 0.3 is 90.8 Å². The Morgan fingerprint density at radius 2 is 2.00 bits per heavy atom. The van der Waals surface area contributed by atoms with Gasteiger partial charge in [-0.05, 0) is 12.8 Å². The molecule has 2 fully saturated rings. The number of hydrogen-bond acceptors (Lipinski definition) is 5. The van der Waals surface area contributed by atoms with Crippen molar-refractivity contribution in [1.29, 1.82) is 0 Å². The number of rotatable bonds is 7. The second-order valence-electron chi connectivity index (χ2n) is 6.53. The predicted octanol–water partition coefficient (Wildman–Crippen LogP) is 1.67. The maximum Gasteiger partial charge on any atom is 0.315 e. The van der Waals surface area contributed by atoms with Gasteiger partial charge in [-0.2, -0.15) is 11.8 Å². The number of carboxylic acids is 1. The number of benzene rings is 1. The third-order valence-electron chi connectivity index (χ3n) is 4.35. The van der Waals surface area contributed by atoms with Crippen LogP contribution in [0.4, 0.5) is 4.79 Å². The molecule has 27 heavy (non-hydrogen) atoms. The van der Waals surface area contributed by atoms with Crippen molar-refractivity contribution >= 4 is 32.8 Å². The molecule has 2 heterocycles. The van der Waals surface area contributed by atoms with Crippen LogP contribution < -0.4 is 13.7 Å². The van der Waals surface area contributed by atoms with Gasteiger partial charge in [-0.25, -0.2) is 4.79 Å². The molecule has 3 rings (SSSR count). The second kappa shape index (κ2) is 11.5. The molecule has 2 amide bonds. The summed E-state index contributed by atoms with van der Waals surface area (Å²) in [6.07, 6.45) is 2.88. The van der Waals surface area contributed by atoms with E-state index in [9.17, 15) is 14.4 Å². The summed E-state index contributed by atoms with van der Waals surface area (Å²) in [7, 11) is 0. The van der Waals surface area contributed by atoms with Crippen LogP contribution in [0.1, 0.15) is 32.6 Å². The van der Waals surface area contributed by atoms with E-state index in [1.54, 1.807) is 0 Å². The standard InChI is InChI=1S/C10H16N2O3S.C6H5.C2H4O2.Hg/c13-8(14)4-2-1-3-7-9-6(5-16-7)11-10(15)12-9;1-2-4-6-5-3-1;1-2(3)4;/h6-7,9H,1-5H2,(H,13,14)(H2,11,12,15);1-5H;1H3,(H,3,4);/q;;;+1/p-1/t6-,7-,9-;;;/m0.../s1. The van der Waals surface area contributed by atoms with Crippen LogP contribution in [0.15, 0.2) is 30.3 Å². The van der Waals surface area contributed by atoms with Gasteiger partial charge < -0.3 is 15.7 Å². The van der Waals surface area contributed by atoms with E-state index in [0.717, 1.165) is 25.0 Å². The number of carbonyl (C=O) groups is 3. The molecule has 0 aliphatic carbocycles. The molecule has 9 heteroatoms. The van der Waals surface area contributed by atoms with Crippen LogP contribution in [0.3, 0.4) is 0 Å². The molecule has 3 atom stereocenters. The molecule has 0 saturated carbocycles. The average Bonchev–Trinajstić information content (AvgIpc) is 3.18. The number of hydrogen-bond donors (Lipinski definition) is 3. The smallest absolute Gasteiger partial charge is 0.315 e. The summed E-state index contributed by atoms with van der Waals surface area (Å²) < 4.78 is 6.25. The van der Waals surface area contributed by atoms with E-state index in [4.69, 9.17) is 7.75 Å². The average molecular weight is 581 g/mol. The molecule has 3 N–H and O–H groups in total. The maximum atomic E-state index is 11.1. The van der Waals surface area contributed by atoms with Crippen molar-refractivity contribution in [3.63, 3.8) is 0 Å². The fraction of sp³-hybridized carbons (Fsp3) is 0.500. The first-order valence-electron chi connectivity index (χ1n) is 9.03. The Labute approximate surface area is 176 Å². The van der Waals surface area contributed by atoms with Gasteiger partial charge in [0.15, 0.2) is 0 Å². The zero-order valence-electron chi connectivity index (χ0n) is 15.3. The zero-order chi connectivity index (χ0) is 19.6. The van der Waals surface area contributed by atoms with Gasteiger partial charge in [0.25, 0.3) is 0 Å². The number of carboxylic acid groups (broad SMARTS) is 1. The minimum atomic E-state index is -1.52. The van der Waals surface area contributed by atoms with E-state index in [0.29, 0.717) is 5.25 Å². The Hall–Kier alpha value is -1.28. The summed E-state index contributed by atoms with van der Waals surface area (Å²) in [5.74, 6) is 0.0933. The first-order valence-corrected chi connectivity index (χ1v) is 15.1. The molecule has 1 aromatic carbocycles. The maximum absolute atomic E-state index is 11.1. The quantitative estimate of drug-likeness (QED) is 0.258. The molecule has 2 aliphatic heterocycles. The van der Waals surface area contributed by atoms with Gasteiger partial charge in [0.2, 0.25) is 0 Å². The van der Waals surface area contributed by atoms with Crippen LogP contribution in [0.25, 0.3) is 0 Å². The van der Waals surface area contributed by atoms with Crippen LogP contribution in [-0.4, -0.2) is 46.2 Å². The normalized spacial score (nSPS) is 22.4. The van der Waals surface area contributed by atoms with Crippen LogP contribution >= 0.6 is 11.8 Å². The monoisotopic (exact) mass is 582 g/mol. The molecule has 0 radical (unpaired) electrons. The van der Waals surface area contributed by atoms with Crippen molar-refractivity contribution < 1.29 is 47.2 Å². The van der Waals surface area contributed by atoms with Crippen LogP contribution in [0, 0.1) is 0 Å². The van der Waals surface area contributed by atoms with Gasteiger partial charge in [-0.1, -0.05) is 6.42 Å². The molecular weight excluding hydrogens is 557 g/mol. The molecule has 7 nitrogen and oxygen atoms in total. The van der Waals surface area contributed by atoms with Crippen molar-refractivity contribution in [2.24, 2.45) is 0 Å². The van der Waals surface area contributed by atoms with Gasteiger partial charge in [0, 0.05) is 17.4 Å². The number of unbranched alkanes of at least 4 members (excludes halogenated alkanes) is 1. The molecule has 0 unspecified atom stereocenters. The molecule has 2 saturated heterocycles. The number of thioether (sulfide) groups is 1. The summed E-state index contributed by atoms with van der Waals surface area (Å²) in [6.45, 7) is 1.46. The van der Waals surface area contributed by atoms with E-state index >= 15 is 0 Å². The first-order chi connectivity index (χ1) is 13.0.